The van der Waals surface area contributed by atoms with Crippen molar-refractivity contribution in [3.8, 4) is 12.1 Å². The van der Waals surface area contributed by atoms with Crippen molar-refractivity contribution in [2.45, 2.75) is 45.7 Å². The summed E-state index contributed by atoms with van der Waals surface area (Å²) in [5.41, 5.74) is 10.3. The van der Waals surface area contributed by atoms with Crippen LogP contribution in [-0.2, 0) is 13.1 Å². The first-order valence-corrected chi connectivity index (χ1v) is 12.3. The number of nitrogens with two attached hydrogens (primary N) is 1. The average Bonchev–Trinajstić information content (AvgIpc) is 3.18. The van der Waals surface area contributed by atoms with E-state index in [9.17, 15) is 5.26 Å². The molecule has 3 N–H and O–H groups in total. The Labute approximate surface area is 200 Å². The quantitative estimate of drug-likeness (QED) is 0.498. The van der Waals surface area contributed by atoms with Gasteiger partial charge in [-0.05, 0) is 55.0 Å². The van der Waals surface area contributed by atoms with Crippen molar-refractivity contribution in [3.05, 3.63) is 47.2 Å². The number of hydrogen-bond donors (Lipinski definition) is 2. The maximum atomic E-state index is 9.71. The lowest BCUT2D eigenvalue weighted by atomic mass is 9.72. The summed E-state index contributed by atoms with van der Waals surface area (Å²) in [7, 11) is 0. The van der Waals surface area contributed by atoms with Gasteiger partial charge in [0.1, 0.15) is 17.6 Å². The largest absolute Gasteiger partial charge is 0.463 e. The van der Waals surface area contributed by atoms with Crippen LogP contribution in [-0.4, -0.2) is 52.2 Å². The highest BCUT2D eigenvalue weighted by Gasteiger charge is 2.42. The summed E-state index contributed by atoms with van der Waals surface area (Å²) in [4.78, 5) is 11.4. The van der Waals surface area contributed by atoms with Gasteiger partial charge < -0.3 is 20.4 Å². The Morgan fingerprint density at radius 1 is 1.12 bits per heavy atom. The molecule has 1 spiro atoms. The van der Waals surface area contributed by atoms with E-state index in [-0.39, 0.29) is 6.01 Å². The monoisotopic (exact) mass is 459 g/mol. The van der Waals surface area contributed by atoms with Crippen LogP contribution >= 0.6 is 0 Å². The van der Waals surface area contributed by atoms with E-state index in [1.54, 1.807) is 6.07 Å². The Morgan fingerprint density at radius 2 is 1.82 bits per heavy atom. The number of benzene rings is 1. The molecular formula is C26H33N7O. The molecule has 0 atom stereocenters. The molecule has 34 heavy (non-hydrogen) atoms. The van der Waals surface area contributed by atoms with Gasteiger partial charge in [0.05, 0.1) is 18.5 Å². The first kappa shape index (κ1) is 22.6. The Kier molecular flexibility index (Phi) is 6.40. The standard InChI is InChI=1S/C26H33N7O/c1-2-3-12-34-25-30-23(28)22-13-21(14-27)33(24(22)31-25)16-20-6-4-19(5-7-20)15-32-17-26(18-32)8-10-29-11-9-26/h4-7,13,29H,2-3,8-12,15-18H2,1H3,(H2,28,30,31). The number of unbranched alkanes of at least 4 members (excludes halogenated alkanes) is 1. The number of rotatable bonds is 8. The summed E-state index contributed by atoms with van der Waals surface area (Å²) in [5.74, 6) is 0.336. The molecule has 0 aliphatic carbocycles. The molecule has 4 heterocycles. The summed E-state index contributed by atoms with van der Waals surface area (Å²) >= 11 is 0. The van der Waals surface area contributed by atoms with Gasteiger partial charge in [0, 0.05) is 19.6 Å². The molecular weight excluding hydrogens is 426 g/mol. The zero-order valence-corrected chi connectivity index (χ0v) is 19.9. The van der Waals surface area contributed by atoms with E-state index < -0.39 is 0 Å². The van der Waals surface area contributed by atoms with Gasteiger partial charge in [-0.1, -0.05) is 37.6 Å². The van der Waals surface area contributed by atoms with Gasteiger partial charge in [0.2, 0.25) is 0 Å². The topological polar surface area (TPSA) is 105 Å². The van der Waals surface area contributed by atoms with Crippen LogP contribution in [0.2, 0.25) is 0 Å². The average molecular weight is 460 g/mol. The molecule has 0 unspecified atom stereocenters. The highest BCUT2D eigenvalue weighted by atomic mass is 16.5. The van der Waals surface area contributed by atoms with E-state index in [1.165, 1.54) is 31.5 Å². The highest BCUT2D eigenvalue weighted by Crippen LogP contribution is 2.39. The maximum absolute atomic E-state index is 9.71. The van der Waals surface area contributed by atoms with Crippen molar-refractivity contribution in [2.75, 3.05) is 38.5 Å². The molecule has 8 nitrogen and oxygen atoms in total. The van der Waals surface area contributed by atoms with Gasteiger partial charge >= 0.3 is 6.01 Å². The highest BCUT2D eigenvalue weighted by molar-refractivity contribution is 5.88. The summed E-state index contributed by atoms with van der Waals surface area (Å²) < 4.78 is 7.58. The Hall–Kier alpha value is -3.15. The number of ether oxygens (including phenoxy) is 1. The smallest absolute Gasteiger partial charge is 0.320 e. The van der Waals surface area contributed by atoms with E-state index >= 15 is 0 Å². The lowest BCUT2D eigenvalue weighted by Gasteiger charge is -2.52. The molecule has 0 bridgehead atoms. The first-order chi connectivity index (χ1) is 16.6. The fourth-order valence-electron chi connectivity index (χ4n) is 5.23. The third-order valence-electron chi connectivity index (χ3n) is 7.16. The van der Waals surface area contributed by atoms with E-state index in [0.29, 0.717) is 41.1 Å². The molecule has 2 fully saturated rings. The molecule has 5 rings (SSSR count). The summed E-state index contributed by atoms with van der Waals surface area (Å²) in [6, 6.07) is 13.0. The second-order valence-electron chi connectivity index (χ2n) is 9.77. The van der Waals surface area contributed by atoms with Gasteiger partial charge in [-0.3, -0.25) is 4.90 Å². The maximum Gasteiger partial charge on any atom is 0.320 e. The normalized spacial score (nSPS) is 17.5. The molecule has 2 aromatic heterocycles. The van der Waals surface area contributed by atoms with Gasteiger partial charge in [0.25, 0.3) is 0 Å². The minimum atomic E-state index is 0.263. The number of nitriles is 1. The predicted octanol–water partition coefficient (Wildman–Crippen LogP) is 3.30. The van der Waals surface area contributed by atoms with Crippen molar-refractivity contribution < 1.29 is 4.74 Å². The second-order valence-corrected chi connectivity index (χ2v) is 9.77. The zero-order valence-electron chi connectivity index (χ0n) is 19.9. The number of nitrogens with one attached hydrogen (secondary N) is 1. The molecule has 0 saturated carbocycles. The molecule has 3 aromatic rings. The lowest BCUT2D eigenvalue weighted by Crippen LogP contribution is -2.59. The van der Waals surface area contributed by atoms with Gasteiger partial charge in [-0.15, -0.1) is 0 Å². The Morgan fingerprint density at radius 3 is 2.50 bits per heavy atom. The minimum absolute atomic E-state index is 0.263. The molecule has 2 aliphatic rings. The van der Waals surface area contributed by atoms with Crippen LogP contribution in [0.15, 0.2) is 30.3 Å². The van der Waals surface area contributed by atoms with Gasteiger partial charge in [-0.2, -0.15) is 15.2 Å². The molecule has 8 heteroatoms. The lowest BCUT2D eigenvalue weighted by molar-refractivity contribution is -0.0282. The van der Waals surface area contributed by atoms with E-state index in [2.05, 4.69) is 57.4 Å². The number of nitrogen functional groups attached to an aromatic ring is 1. The van der Waals surface area contributed by atoms with Crippen molar-refractivity contribution in [2.24, 2.45) is 5.41 Å². The van der Waals surface area contributed by atoms with Gasteiger partial charge in [-0.25, -0.2) is 0 Å². The SMILES string of the molecule is CCCCOc1nc(N)c2cc(C#N)n(Cc3ccc(CN4CC5(CCNCC5)C4)cc3)c2n1. The zero-order chi connectivity index (χ0) is 23.5. The number of likely N-dealkylation sites (tertiary alicyclic amines) is 1. The number of nitrogens with zero attached hydrogens (tertiary/aromatic N) is 5. The molecule has 2 saturated heterocycles. The fourth-order valence-corrected chi connectivity index (χ4v) is 5.23. The predicted molar refractivity (Wildman–Crippen MR) is 132 cm³/mol. The van der Waals surface area contributed by atoms with Crippen molar-refractivity contribution in [3.63, 3.8) is 0 Å². The summed E-state index contributed by atoms with van der Waals surface area (Å²) in [6.45, 7) is 8.91. The molecule has 1 aromatic carbocycles. The summed E-state index contributed by atoms with van der Waals surface area (Å²) in [6.07, 6.45) is 4.55. The van der Waals surface area contributed by atoms with Crippen LogP contribution in [0.4, 0.5) is 5.82 Å². The summed E-state index contributed by atoms with van der Waals surface area (Å²) in [5, 5.41) is 13.9. The van der Waals surface area contributed by atoms with Crippen LogP contribution in [0, 0.1) is 16.7 Å². The third kappa shape index (κ3) is 4.59. The number of piperidine rings is 1. The van der Waals surface area contributed by atoms with Crippen LogP contribution in [0.3, 0.4) is 0 Å². The van der Waals surface area contributed by atoms with E-state index in [1.807, 2.05) is 4.57 Å². The number of aromatic nitrogens is 3. The van der Waals surface area contributed by atoms with Crippen LogP contribution in [0.5, 0.6) is 6.01 Å². The Bertz CT molecular complexity index is 1180. The molecule has 2 aliphatic heterocycles. The third-order valence-corrected chi connectivity index (χ3v) is 7.16. The van der Waals surface area contributed by atoms with Crippen LogP contribution < -0.4 is 15.8 Å². The van der Waals surface area contributed by atoms with E-state index in [4.69, 9.17) is 10.5 Å². The minimum Gasteiger partial charge on any atom is -0.463 e. The van der Waals surface area contributed by atoms with Gasteiger partial charge in [0.15, 0.2) is 5.65 Å². The van der Waals surface area contributed by atoms with Crippen molar-refractivity contribution in [1.29, 1.82) is 5.26 Å². The second kappa shape index (κ2) is 9.61. The Balaban J connectivity index is 1.29. The molecule has 0 amide bonds. The molecule has 178 valence electrons. The van der Waals surface area contributed by atoms with Crippen LogP contribution in [0.1, 0.15) is 49.4 Å². The fraction of sp³-hybridized carbons (Fsp3) is 0.500. The molecule has 0 radical (unpaired) electrons. The van der Waals surface area contributed by atoms with Crippen LogP contribution in [0.25, 0.3) is 11.0 Å². The van der Waals surface area contributed by atoms with Crippen molar-refractivity contribution >= 4 is 16.9 Å². The van der Waals surface area contributed by atoms with Crippen molar-refractivity contribution in [1.82, 2.24) is 24.8 Å². The number of anilines is 1. The van der Waals surface area contributed by atoms with E-state index in [0.717, 1.165) is 38.0 Å². The first-order valence-electron chi connectivity index (χ1n) is 12.3. The number of hydrogen-bond acceptors (Lipinski definition) is 7. The number of fused-ring (bicyclic) bond motifs is 1.